The third-order valence-corrected chi connectivity index (χ3v) is 5.06. The van der Waals surface area contributed by atoms with Gasteiger partial charge in [-0.1, -0.05) is 50.1 Å². The maximum Gasteiger partial charge on any atom is 0.0450 e. The summed E-state index contributed by atoms with van der Waals surface area (Å²) in [6.45, 7) is 7.01. The zero-order valence-electron chi connectivity index (χ0n) is 12.9. The number of piperazine rings is 1. The van der Waals surface area contributed by atoms with Crippen molar-refractivity contribution in [1.82, 2.24) is 10.2 Å². The predicted molar refractivity (Wildman–Crippen MR) is 84.8 cm³/mol. The minimum absolute atomic E-state index is 0.501. The van der Waals surface area contributed by atoms with Crippen LogP contribution in [0.5, 0.6) is 0 Å². The summed E-state index contributed by atoms with van der Waals surface area (Å²) in [6.07, 6.45) is 5.66. The van der Waals surface area contributed by atoms with Crippen LogP contribution in [-0.4, -0.2) is 30.1 Å². The number of hydrogen-bond donors (Lipinski definition) is 1. The second-order valence-corrected chi connectivity index (χ2v) is 6.66. The van der Waals surface area contributed by atoms with E-state index in [1.807, 2.05) is 0 Å². The van der Waals surface area contributed by atoms with Crippen molar-refractivity contribution in [3.8, 4) is 0 Å². The standard InChI is InChI=1S/C18H28N2/c1-3-17(11-15-9-10-15)20-13-18(19-12-14(20)2)16-7-5-4-6-8-16/h4-8,14-15,17-19H,3,9-13H2,1-2H3. The molecule has 1 saturated carbocycles. The van der Waals surface area contributed by atoms with Gasteiger partial charge in [0.1, 0.15) is 0 Å². The number of rotatable bonds is 5. The Kier molecular flexibility index (Phi) is 4.42. The maximum atomic E-state index is 3.72. The predicted octanol–water partition coefficient (Wildman–Crippen LogP) is 3.60. The molecule has 2 heteroatoms. The molecule has 2 nitrogen and oxygen atoms in total. The summed E-state index contributed by atoms with van der Waals surface area (Å²) in [5, 5.41) is 3.72. The van der Waals surface area contributed by atoms with Gasteiger partial charge in [0, 0.05) is 31.2 Å². The van der Waals surface area contributed by atoms with Crippen LogP contribution in [0.25, 0.3) is 0 Å². The van der Waals surface area contributed by atoms with E-state index in [1.165, 1.54) is 31.2 Å². The number of nitrogens with zero attached hydrogens (tertiary/aromatic N) is 1. The summed E-state index contributed by atoms with van der Waals surface area (Å²) in [5.41, 5.74) is 1.44. The minimum Gasteiger partial charge on any atom is -0.307 e. The quantitative estimate of drug-likeness (QED) is 0.881. The molecule has 0 amide bonds. The normalized spacial score (nSPS) is 29.3. The van der Waals surface area contributed by atoms with Gasteiger partial charge in [0.2, 0.25) is 0 Å². The summed E-state index contributed by atoms with van der Waals surface area (Å²) in [6, 6.07) is 12.9. The van der Waals surface area contributed by atoms with Crippen LogP contribution in [0.15, 0.2) is 30.3 Å². The average Bonchev–Trinajstić information content (AvgIpc) is 3.30. The highest BCUT2D eigenvalue weighted by molar-refractivity contribution is 5.20. The van der Waals surface area contributed by atoms with Crippen LogP contribution in [0.4, 0.5) is 0 Å². The van der Waals surface area contributed by atoms with E-state index in [2.05, 4.69) is 54.4 Å². The summed E-state index contributed by atoms with van der Waals surface area (Å²) < 4.78 is 0. The molecule has 2 aliphatic rings. The average molecular weight is 272 g/mol. The van der Waals surface area contributed by atoms with Gasteiger partial charge in [0.25, 0.3) is 0 Å². The highest BCUT2D eigenvalue weighted by atomic mass is 15.2. The summed E-state index contributed by atoms with van der Waals surface area (Å²) in [5.74, 6) is 1.03. The van der Waals surface area contributed by atoms with Crippen molar-refractivity contribution >= 4 is 0 Å². The van der Waals surface area contributed by atoms with Crippen molar-refractivity contribution in [2.24, 2.45) is 5.92 Å². The van der Waals surface area contributed by atoms with Crippen molar-refractivity contribution in [2.45, 2.75) is 57.7 Å². The van der Waals surface area contributed by atoms with Crippen molar-refractivity contribution in [2.75, 3.05) is 13.1 Å². The fraction of sp³-hybridized carbons (Fsp3) is 0.667. The molecule has 1 aromatic rings. The second-order valence-electron chi connectivity index (χ2n) is 6.66. The second kappa shape index (κ2) is 6.28. The van der Waals surface area contributed by atoms with Crippen molar-refractivity contribution in [3.05, 3.63) is 35.9 Å². The van der Waals surface area contributed by atoms with Gasteiger partial charge in [-0.2, -0.15) is 0 Å². The van der Waals surface area contributed by atoms with E-state index in [0.29, 0.717) is 12.1 Å². The van der Waals surface area contributed by atoms with Gasteiger partial charge in [0.05, 0.1) is 0 Å². The Morgan fingerprint density at radius 3 is 2.65 bits per heavy atom. The van der Waals surface area contributed by atoms with Crippen molar-refractivity contribution in [3.63, 3.8) is 0 Å². The molecule has 0 bridgehead atoms. The van der Waals surface area contributed by atoms with Crippen LogP contribution in [0, 0.1) is 5.92 Å². The van der Waals surface area contributed by atoms with Gasteiger partial charge < -0.3 is 5.32 Å². The molecule has 3 atom stereocenters. The molecule has 1 heterocycles. The molecular weight excluding hydrogens is 244 g/mol. The molecule has 1 saturated heterocycles. The SMILES string of the molecule is CCC(CC1CC1)N1CC(c2ccccc2)NCC1C. The highest BCUT2D eigenvalue weighted by Gasteiger charge is 2.33. The summed E-state index contributed by atoms with van der Waals surface area (Å²) in [7, 11) is 0. The Balaban J connectivity index is 1.68. The first-order valence-corrected chi connectivity index (χ1v) is 8.32. The van der Waals surface area contributed by atoms with Crippen LogP contribution >= 0.6 is 0 Å². The van der Waals surface area contributed by atoms with Crippen LogP contribution in [-0.2, 0) is 0 Å². The molecule has 0 spiro atoms. The van der Waals surface area contributed by atoms with E-state index in [9.17, 15) is 0 Å². The lowest BCUT2D eigenvalue weighted by atomic mass is 9.97. The molecule has 1 aromatic carbocycles. The Hall–Kier alpha value is -0.860. The molecule has 3 rings (SSSR count). The Morgan fingerprint density at radius 1 is 1.25 bits per heavy atom. The first-order chi connectivity index (χ1) is 9.78. The molecule has 1 aliphatic heterocycles. The first-order valence-electron chi connectivity index (χ1n) is 8.32. The van der Waals surface area contributed by atoms with Gasteiger partial charge in [0.15, 0.2) is 0 Å². The number of benzene rings is 1. The zero-order chi connectivity index (χ0) is 13.9. The van der Waals surface area contributed by atoms with Crippen molar-refractivity contribution in [1.29, 1.82) is 0 Å². The topological polar surface area (TPSA) is 15.3 Å². The van der Waals surface area contributed by atoms with Crippen LogP contribution in [0.2, 0.25) is 0 Å². The minimum atomic E-state index is 0.501. The molecule has 1 aliphatic carbocycles. The van der Waals surface area contributed by atoms with Gasteiger partial charge >= 0.3 is 0 Å². The smallest absolute Gasteiger partial charge is 0.0450 e. The molecule has 0 radical (unpaired) electrons. The van der Waals surface area contributed by atoms with E-state index >= 15 is 0 Å². The summed E-state index contributed by atoms with van der Waals surface area (Å²) >= 11 is 0. The lowest BCUT2D eigenvalue weighted by Gasteiger charge is -2.43. The third-order valence-electron chi connectivity index (χ3n) is 5.06. The zero-order valence-corrected chi connectivity index (χ0v) is 12.9. The van der Waals surface area contributed by atoms with Crippen LogP contribution in [0.3, 0.4) is 0 Å². The van der Waals surface area contributed by atoms with E-state index in [4.69, 9.17) is 0 Å². The van der Waals surface area contributed by atoms with Gasteiger partial charge in [-0.3, -0.25) is 4.90 Å². The largest absolute Gasteiger partial charge is 0.307 e. The molecule has 0 aromatic heterocycles. The van der Waals surface area contributed by atoms with E-state index in [0.717, 1.165) is 25.0 Å². The van der Waals surface area contributed by atoms with Gasteiger partial charge in [-0.25, -0.2) is 0 Å². The third kappa shape index (κ3) is 3.24. The molecule has 1 N–H and O–H groups in total. The summed E-state index contributed by atoms with van der Waals surface area (Å²) in [4.78, 5) is 2.77. The fourth-order valence-electron chi connectivity index (χ4n) is 3.58. The fourth-order valence-corrected chi connectivity index (χ4v) is 3.58. The number of hydrogen-bond acceptors (Lipinski definition) is 2. The monoisotopic (exact) mass is 272 g/mol. The maximum absolute atomic E-state index is 3.72. The van der Waals surface area contributed by atoms with Crippen LogP contribution < -0.4 is 5.32 Å². The first kappa shape index (κ1) is 14.1. The van der Waals surface area contributed by atoms with E-state index < -0.39 is 0 Å². The van der Waals surface area contributed by atoms with Crippen LogP contribution in [0.1, 0.15) is 51.1 Å². The molecule has 2 fully saturated rings. The molecule has 20 heavy (non-hydrogen) atoms. The van der Waals surface area contributed by atoms with Gasteiger partial charge in [-0.15, -0.1) is 0 Å². The Morgan fingerprint density at radius 2 is 2.00 bits per heavy atom. The number of nitrogens with one attached hydrogen (secondary N) is 1. The molecular formula is C18H28N2. The lowest BCUT2D eigenvalue weighted by molar-refractivity contribution is 0.0803. The van der Waals surface area contributed by atoms with E-state index in [1.54, 1.807) is 0 Å². The van der Waals surface area contributed by atoms with Gasteiger partial charge in [-0.05, 0) is 31.2 Å². The highest BCUT2D eigenvalue weighted by Crippen LogP contribution is 2.36. The Bertz CT molecular complexity index is 413. The molecule has 110 valence electrons. The molecule has 3 unspecified atom stereocenters. The Labute approximate surface area is 123 Å². The van der Waals surface area contributed by atoms with E-state index in [-0.39, 0.29) is 0 Å². The lowest BCUT2D eigenvalue weighted by Crippen LogP contribution is -2.55. The van der Waals surface area contributed by atoms with Crippen molar-refractivity contribution < 1.29 is 0 Å².